The van der Waals surface area contributed by atoms with Crippen molar-refractivity contribution in [1.82, 2.24) is 24.7 Å². The third-order valence-corrected chi connectivity index (χ3v) is 6.22. The number of likely N-dealkylation sites (tertiary alicyclic amines) is 1. The van der Waals surface area contributed by atoms with Gasteiger partial charge >= 0.3 is 0 Å². The number of benzene rings is 1. The van der Waals surface area contributed by atoms with Crippen molar-refractivity contribution in [2.45, 2.75) is 32.4 Å². The normalized spacial score (nSPS) is 22.3. The molecule has 1 saturated heterocycles. The Bertz CT molecular complexity index is 862. The zero-order valence-corrected chi connectivity index (χ0v) is 17.3. The summed E-state index contributed by atoms with van der Waals surface area (Å²) in [6.45, 7) is 5.84. The summed E-state index contributed by atoms with van der Waals surface area (Å²) in [5, 5.41) is 3.30. The van der Waals surface area contributed by atoms with Gasteiger partial charge in [-0.2, -0.15) is 0 Å². The second-order valence-electron chi connectivity index (χ2n) is 8.02. The first-order chi connectivity index (χ1) is 14.2. The van der Waals surface area contributed by atoms with Crippen LogP contribution in [0.1, 0.15) is 30.5 Å². The fraction of sp³-hybridized carbons (Fsp3) is 0.500. The minimum Gasteiger partial charge on any atom is -0.347 e. The van der Waals surface area contributed by atoms with Gasteiger partial charge in [-0.3, -0.25) is 9.79 Å². The Morgan fingerprint density at radius 2 is 2.07 bits per heavy atom. The molecule has 1 fully saturated rings. The second-order valence-corrected chi connectivity index (χ2v) is 8.02. The highest BCUT2D eigenvalue weighted by atomic mass is 16.2. The van der Waals surface area contributed by atoms with Crippen LogP contribution in [0.15, 0.2) is 48.0 Å². The molecule has 1 aromatic carbocycles. The van der Waals surface area contributed by atoms with Crippen LogP contribution in [0.5, 0.6) is 0 Å². The molecule has 2 aromatic rings. The molecule has 2 unspecified atom stereocenters. The number of imidazole rings is 1. The number of hydrogen-bond donors (Lipinski definition) is 1. The van der Waals surface area contributed by atoms with Gasteiger partial charge in [0.05, 0.1) is 18.9 Å². The minimum absolute atomic E-state index is 0.122. The number of aromatic nitrogens is 2. The van der Waals surface area contributed by atoms with Gasteiger partial charge in [-0.05, 0) is 29.9 Å². The van der Waals surface area contributed by atoms with E-state index in [4.69, 9.17) is 0 Å². The molecule has 0 bridgehead atoms. The topological polar surface area (TPSA) is 65.8 Å². The van der Waals surface area contributed by atoms with Crippen LogP contribution < -0.4 is 5.32 Å². The van der Waals surface area contributed by atoms with Gasteiger partial charge in [-0.15, -0.1) is 0 Å². The van der Waals surface area contributed by atoms with Crippen molar-refractivity contribution < 1.29 is 4.79 Å². The van der Waals surface area contributed by atoms with Gasteiger partial charge in [-0.25, -0.2) is 4.98 Å². The molecule has 1 N–H and O–H groups in total. The lowest BCUT2D eigenvalue weighted by Crippen LogP contribution is -2.51. The molecule has 1 aromatic heterocycles. The van der Waals surface area contributed by atoms with Crippen molar-refractivity contribution in [1.29, 1.82) is 0 Å². The first-order valence-electron chi connectivity index (χ1n) is 10.4. The van der Waals surface area contributed by atoms with Crippen molar-refractivity contribution in [2.75, 3.05) is 33.2 Å². The van der Waals surface area contributed by atoms with Crippen LogP contribution in [-0.4, -0.2) is 64.4 Å². The number of rotatable bonds is 3. The van der Waals surface area contributed by atoms with Crippen molar-refractivity contribution >= 4 is 11.9 Å². The van der Waals surface area contributed by atoms with Gasteiger partial charge < -0.3 is 19.7 Å². The van der Waals surface area contributed by atoms with Gasteiger partial charge in [0.2, 0.25) is 5.91 Å². The summed E-state index contributed by atoms with van der Waals surface area (Å²) in [5.74, 6) is 1.50. The summed E-state index contributed by atoms with van der Waals surface area (Å²) in [7, 11) is 1.79. The molecule has 1 amide bonds. The Morgan fingerprint density at radius 3 is 2.83 bits per heavy atom. The summed E-state index contributed by atoms with van der Waals surface area (Å²) in [6.07, 6.45) is 7.75. The van der Waals surface area contributed by atoms with Crippen LogP contribution in [0.25, 0.3) is 0 Å². The number of amides is 1. The third kappa shape index (κ3) is 4.28. The number of piperidine rings is 1. The van der Waals surface area contributed by atoms with Crippen LogP contribution in [0.3, 0.4) is 0 Å². The molecule has 0 aliphatic carbocycles. The van der Waals surface area contributed by atoms with Crippen molar-refractivity contribution in [3.05, 3.63) is 54.1 Å². The summed E-state index contributed by atoms with van der Waals surface area (Å²) in [6, 6.07) is 8.75. The van der Waals surface area contributed by atoms with Crippen molar-refractivity contribution in [2.24, 2.45) is 10.9 Å². The molecule has 0 spiro atoms. The quantitative estimate of drug-likeness (QED) is 0.638. The van der Waals surface area contributed by atoms with Crippen LogP contribution in [0.2, 0.25) is 0 Å². The number of carbonyl (C=O) groups excluding carboxylic acids is 1. The van der Waals surface area contributed by atoms with E-state index >= 15 is 0 Å². The van der Waals surface area contributed by atoms with Crippen LogP contribution in [0.4, 0.5) is 0 Å². The average Bonchev–Trinajstić information content (AvgIpc) is 3.29. The van der Waals surface area contributed by atoms with Crippen molar-refractivity contribution in [3.8, 4) is 0 Å². The van der Waals surface area contributed by atoms with E-state index in [0.29, 0.717) is 18.5 Å². The molecule has 0 saturated carbocycles. The molecular weight excluding hydrogens is 364 g/mol. The molecule has 2 aliphatic heterocycles. The number of carbonyl (C=O) groups is 1. The van der Waals surface area contributed by atoms with Gasteiger partial charge in [-0.1, -0.05) is 31.2 Å². The molecule has 7 nitrogen and oxygen atoms in total. The summed E-state index contributed by atoms with van der Waals surface area (Å²) in [5.41, 5.74) is 2.61. The Labute approximate surface area is 172 Å². The fourth-order valence-corrected chi connectivity index (χ4v) is 4.40. The molecule has 7 heteroatoms. The molecule has 2 atom stereocenters. The van der Waals surface area contributed by atoms with Gasteiger partial charge in [0, 0.05) is 45.6 Å². The van der Waals surface area contributed by atoms with Crippen LogP contribution in [0, 0.1) is 5.92 Å². The first kappa shape index (κ1) is 19.5. The lowest BCUT2D eigenvalue weighted by molar-refractivity contribution is -0.130. The number of aliphatic imine (C=N–C) groups is 1. The molecule has 4 rings (SSSR count). The smallest absolute Gasteiger partial charge is 0.242 e. The average molecular weight is 395 g/mol. The number of guanidine groups is 1. The maximum atomic E-state index is 12.8. The van der Waals surface area contributed by atoms with Crippen LogP contribution >= 0.6 is 0 Å². The Morgan fingerprint density at radius 1 is 1.24 bits per heavy atom. The van der Waals surface area contributed by atoms with E-state index in [1.165, 1.54) is 11.1 Å². The van der Waals surface area contributed by atoms with E-state index in [2.05, 4.69) is 49.9 Å². The van der Waals surface area contributed by atoms with E-state index in [0.717, 1.165) is 38.4 Å². The molecule has 2 aliphatic rings. The Kier molecular flexibility index (Phi) is 5.83. The monoisotopic (exact) mass is 394 g/mol. The van der Waals surface area contributed by atoms with E-state index in [9.17, 15) is 4.79 Å². The second kappa shape index (κ2) is 8.68. The first-order valence-corrected chi connectivity index (χ1v) is 10.4. The predicted octanol–water partition coefficient (Wildman–Crippen LogP) is 1.93. The predicted molar refractivity (Wildman–Crippen MR) is 114 cm³/mol. The minimum atomic E-state index is 0.122. The maximum absolute atomic E-state index is 12.8. The highest BCUT2D eigenvalue weighted by Gasteiger charge is 2.29. The lowest BCUT2D eigenvalue weighted by atomic mass is 9.93. The highest BCUT2D eigenvalue weighted by molar-refractivity contribution is 5.86. The number of hydrogen-bond acceptors (Lipinski definition) is 3. The maximum Gasteiger partial charge on any atom is 0.242 e. The molecule has 29 heavy (non-hydrogen) atoms. The molecule has 0 radical (unpaired) electrons. The Balaban J connectivity index is 1.34. The number of fused-ring (bicyclic) bond motifs is 1. The molecule has 154 valence electrons. The summed E-state index contributed by atoms with van der Waals surface area (Å²) >= 11 is 0. The fourth-order valence-electron chi connectivity index (χ4n) is 4.40. The Hall–Kier alpha value is -2.83. The largest absolute Gasteiger partial charge is 0.347 e. The lowest BCUT2D eigenvalue weighted by Gasteiger charge is -2.39. The van der Waals surface area contributed by atoms with Crippen LogP contribution in [-0.2, 0) is 17.8 Å². The number of nitrogens with one attached hydrogen (secondary N) is 1. The molecular formula is C22H30N6O. The highest BCUT2D eigenvalue weighted by Crippen LogP contribution is 2.27. The summed E-state index contributed by atoms with van der Waals surface area (Å²) in [4.78, 5) is 25.6. The van der Waals surface area contributed by atoms with Crippen molar-refractivity contribution in [3.63, 3.8) is 0 Å². The standard InChI is InChI=1S/C22H30N6O/c1-17-7-10-27(15-20(17)28-12-9-24-16-28)22(23-2)25-13-21(29)26-11-8-18-5-3-4-6-19(18)14-26/h3-6,9,12,16-17,20H,7-8,10-11,13-15H2,1-2H3,(H,23,25). The van der Waals surface area contributed by atoms with E-state index in [-0.39, 0.29) is 12.5 Å². The molecule has 3 heterocycles. The zero-order chi connectivity index (χ0) is 20.2. The van der Waals surface area contributed by atoms with E-state index < -0.39 is 0 Å². The van der Waals surface area contributed by atoms with Gasteiger partial charge in [0.15, 0.2) is 5.96 Å². The SMILES string of the molecule is CN=C(NCC(=O)N1CCc2ccccc2C1)N1CCC(C)C(n2ccnc2)C1. The van der Waals surface area contributed by atoms with Gasteiger partial charge in [0.1, 0.15) is 0 Å². The third-order valence-electron chi connectivity index (χ3n) is 6.22. The van der Waals surface area contributed by atoms with Gasteiger partial charge in [0.25, 0.3) is 0 Å². The van der Waals surface area contributed by atoms with E-state index in [1.54, 1.807) is 7.05 Å². The summed E-state index contributed by atoms with van der Waals surface area (Å²) < 4.78 is 2.18. The van der Waals surface area contributed by atoms with E-state index in [1.807, 2.05) is 29.7 Å². The zero-order valence-electron chi connectivity index (χ0n) is 17.3. The number of nitrogens with zero attached hydrogens (tertiary/aromatic N) is 5.